The molecule has 8 nitrogen and oxygen atoms in total. The number of rotatable bonds is 5. The molecule has 33 heavy (non-hydrogen) atoms. The molecule has 1 aliphatic rings. The van der Waals surface area contributed by atoms with E-state index in [4.69, 9.17) is 16.3 Å². The number of nitrogens with one attached hydrogen (secondary N) is 1. The van der Waals surface area contributed by atoms with Crippen LogP contribution in [0.15, 0.2) is 78.0 Å². The van der Waals surface area contributed by atoms with Gasteiger partial charge in [-0.25, -0.2) is 0 Å². The number of halogens is 1. The number of nitro groups is 1. The summed E-state index contributed by atoms with van der Waals surface area (Å²) in [5.74, 6) is 0.910. The Kier molecular flexibility index (Phi) is 5.80. The van der Waals surface area contributed by atoms with Gasteiger partial charge >= 0.3 is 0 Å². The van der Waals surface area contributed by atoms with Crippen molar-refractivity contribution in [3.05, 3.63) is 99.1 Å². The molecule has 0 bridgehead atoms. The highest BCUT2D eigenvalue weighted by Crippen LogP contribution is 2.40. The molecule has 10 heteroatoms. The van der Waals surface area contributed by atoms with Crippen LogP contribution in [-0.2, 0) is 5.75 Å². The summed E-state index contributed by atoms with van der Waals surface area (Å²) in [5.41, 5.74) is 3.82. The Hall–Kier alpha value is -3.69. The summed E-state index contributed by atoms with van der Waals surface area (Å²) in [6, 6.07) is 21.4. The molecular weight excluding hydrogens is 462 g/mol. The Balaban J connectivity index is 1.48. The first-order chi connectivity index (χ1) is 16.1. The molecule has 0 radical (unpaired) electrons. The SMILES string of the molecule is O=[N+]([O-])c1ccc([C@@H]2Nc3ccccc3-c3nnc(SCc4ccccc4Cl)nc3O2)cc1. The minimum absolute atomic E-state index is 0.00965. The van der Waals surface area contributed by atoms with Crippen LogP contribution in [0.2, 0.25) is 5.02 Å². The van der Waals surface area contributed by atoms with Crippen molar-refractivity contribution in [2.75, 3.05) is 5.32 Å². The first kappa shape index (κ1) is 21.2. The molecule has 0 fully saturated rings. The molecule has 4 aromatic rings. The number of nitrogens with zero attached hydrogens (tertiary/aromatic N) is 4. The van der Waals surface area contributed by atoms with E-state index in [1.807, 2.05) is 48.5 Å². The fourth-order valence-electron chi connectivity index (χ4n) is 3.39. The lowest BCUT2D eigenvalue weighted by Crippen LogP contribution is -2.17. The van der Waals surface area contributed by atoms with Gasteiger partial charge in [-0.15, -0.1) is 10.2 Å². The first-order valence-corrected chi connectivity index (χ1v) is 11.3. The number of aromatic nitrogens is 3. The van der Waals surface area contributed by atoms with Crippen molar-refractivity contribution < 1.29 is 9.66 Å². The van der Waals surface area contributed by atoms with Crippen molar-refractivity contribution in [3.8, 4) is 17.1 Å². The fourth-order valence-corrected chi connectivity index (χ4v) is 4.45. The first-order valence-electron chi connectivity index (χ1n) is 9.96. The van der Waals surface area contributed by atoms with E-state index in [0.29, 0.717) is 33.1 Å². The zero-order valence-electron chi connectivity index (χ0n) is 17.0. The van der Waals surface area contributed by atoms with E-state index in [1.165, 1.54) is 23.9 Å². The van der Waals surface area contributed by atoms with Crippen LogP contribution in [0.5, 0.6) is 5.88 Å². The topological polar surface area (TPSA) is 103 Å². The van der Waals surface area contributed by atoms with Crippen LogP contribution >= 0.6 is 23.4 Å². The molecule has 0 saturated carbocycles. The molecule has 1 N–H and O–H groups in total. The Bertz CT molecular complexity index is 1340. The molecule has 164 valence electrons. The summed E-state index contributed by atoms with van der Waals surface area (Å²) in [4.78, 5) is 15.2. The van der Waals surface area contributed by atoms with Crippen molar-refractivity contribution in [1.82, 2.24) is 15.2 Å². The molecule has 1 aliphatic heterocycles. The second kappa shape index (κ2) is 9.05. The quantitative estimate of drug-likeness (QED) is 0.215. The van der Waals surface area contributed by atoms with Gasteiger partial charge in [-0.3, -0.25) is 10.1 Å². The molecule has 5 rings (SSSR count). The zero-order chi connectivity index (χ0) is 22.8. The minimum atomic E-state index is -0.619. The maximum atomic E-state index is 11.0. The average Bonchev–Trinajstić information content (AvgIpc) is 3.00. The maximum Gasteiger partial charge on any atom is 0.269 e. The van der Waals surface area contributed by atoms with Crippen LogP contribution in [0.25, 0.3) is 11.3 Å². The number of thioether (sulfide) groups is 1. The molecular formula is C23H16ClN5O3S. The van der Waals surface area contributed by atoms with Crippen LogP contribution in [0.1, 0.15) is 17.4 Å². The summed E-state index contributed by atoms with van der Waals surface area (Å²) >= 11 is 7.66. The van der Waals surface area contributed by atoms with Gasteiger partial charge < -0.3 is 10.1 Å². The van der Waals surface area contributed by atoms with E-state index >= 15 is 0 Å². The van der Waals surface area contributed by atoms with Crippen molar-refractivity contribution in [2.24, 2.45) is 0 Å². The number of para-hydroxylation sites is 1. The summed E-state index contributed by atoms with van der Waals surface area (Å²) in [6.45, 7) is 0. The van der Waals surface area contributed by atoms with E-state index in [0.717, 1.165) is 16.8 Å². The molecule has 0 amide bonds. The number of anilines is 1. The highest BCUT2D eigenvalue weighted by atomic mass is 35.5. The Labute approximate surface area is 198 Å². The lowest BCUT2D eigenvalue weighted by Gasteiger charge is -2.19. The fraction of sp³-hybridized carbons (Fsp3) is 0.0870. The second-order valence-corrected chi connectivity index (χ2v) is 8.51. The third-order valence-electron chi connectivity index (χ3n) is 5.05. The van der Waals surface area contributed by atoms with Gasteiger partial charge in [0.15, 0.2) is 11.9 Å². The number of hydrogen-bond donors (Lipinski definition) is 1. The highest BCUT2D eigenvalue weighted by molar-refractivity contribution is 7.98. The standard InChI is InChI=1S/C23H16ClN5O3S/c24-18-7-3-1-5-15(18)13-33-23-26-22-20(27-28-23)17-6-2-4-8-19(17)25-21(32-22)14-9-11-16(12-10-14)29(30)31/h1-12,21,25H,13H2/t21-/m1/s1. The number of fused-ring (bicyclic) bond motifs is 3. The van der Waals surface area contributed by atoms with Crippen molar-refractivity contribution in [3.63, 3.8) is 0 Å². The van der Waals surface area contributed by atoms with Crippen LogP contribution in [0, 0.1) is 10.1 Å². The maximum absolute atomic E-state index is 11.0. The minimum Gasteiger partial charge on any atom is -0.448 e. The summed E-state index contributed by atoms with van der Waals surface area (Å²) in [6.07, 6.45) is -0.619. The number of hydrogen-bond acceptors (Lipinski definition) is 8. The third kappa shape index (κ3) is 4.46. The van der Waals surface area contributed by atoms with Gasteiger partial charge in [0, 0.05) is 39.7 Å². The van der Waals surface area contributed by atoms with Crippen LogP contribution < -0.4 is 10.1 Å². The number of nitro benzene ring substituents is 1. The molecule has 2 heterocycles. The van der Waals surface area contributed by atoms with E-state index in [9.17, 15) is 10.1 Å². The Morgan fingerprint density at radius 1 is 1.03 bits per heavy atom. The lowest BCUT2D eigenvalue weighted by atomic mass is 10.1. The van der Waals surface area contributed by atoms with Crippen LogP contribution in [0.4, 0.5) is 11.4 Å². The Morgan fingerprint density at radius 2 is 1.79 bits per heavy atom. The predicted octanol–water partition coefficient (Wildman–Crippen LogP) is 5.90. The molecule has 0 saturated heterocycles. The average molecular weight is 478 g/mol. The molecule has 1 aromatic heterocycles. The van der Waals surface area contributed by atoms with Gasteiger partial charge in [0.25, 0.3) is 5.69 Å². The summed E-state index contributed by atoms with van der Waals surface area (Å²) in [5, 5.41) is 24.2. The van der Waals surface area contributed by atoms with Crippen LogP contribution in [-0.4, -0.2) is 20.1 Å². The van der Waals surface area contributed by atoms with Crippen molar-refractivity contribution in [2.45, 2.75) is 17.1 Å². The molecule has 0 aliphatic carbocycles. The van der Waals surface area contributed by atoms with E-state index in [2.05, 4.69) is 20.5 Å². The summed E-state index contributed by atoms with van der Waals surface area (Å²) in [7, 11) is 0. The number of non-ortho nitro benzene ring substituents is 1. The predicted molar refractivity (Wildman–Crippen MR) is 126 cm³/mol. The number of ether oxygens (including phenoxy) is 1. The Morgan fingerprint density at radius 3 is 2.58 bits per heavy atom. The molecule has 0 spiro atoms. The van der Waals surface area contributed by atoms with Gasteiger partial charge in [0.05, 0.1) is 4.92 Å². The van der Waals surface area contributed by atoms with Gasteiger partial charge in [0.1, 0.15) is 0 Å². The van der Waals surface area contributed by atoms with E-state index in [1.54, 1.807) is 12.1 Å². The normalized spacial score (nSPS) is 14.3. The molecule has 0 unspecified atom stereocenters. The van der Waals surface area contributed by atoms with Gasteiger partial charge in [-0.2, -0.15) is 4.98 Å². The monoisotopic (exact) mass is 477 g/mol. The second-order valence-electron chi connectivity index (χ2n) is 7.16. The lowest BCUT2D eigenvalue weighted by molar-refractivity contribution is -0.384. The number of benzene rings is 3. The van der Waals surface area contributed by atoms with Crippen LogP contribution in [0.3, 0.4) is 0 Å². The van der Waals surface area contributed by atoms with Gasteiger partial charge in [-0.05, 0) is 29.8 Å². The third-order valence-corrected chi connectivity index (χ3v) is 6.31. The van der Waals surface area contributed by atoms with E-state index < -0.39 is 11.2 Å². The molecule has 1 atom stereocenters. The largest absolute Gasteiger partial charge is 0.448 e. The van der Waals surface area contributed by atoms with Gasteiger partial charge in [-0.1, -0.05) is 59.8 Å². The highest BCUT2D eigenvalue weighted by Gasteiger charge is 2.26. The van der Waals surface area contributed by atoms with Gasteiger partial charge in [0.2, 0.25) is 11.0 Å². The van der Waals surface area contributed by atoms with Crippen molar-refractivity contribution in [1.29, 1.82) is 0 Å². The smallest absolute Gasteiger partial charge is 0.269 e. The zero-order valence-corrected chi connectivity index (χ0v) is 18.6. The van der Waals surface area contributed by atoms with E-state index in [-0.39, 0.29) is 5.69 Å². The molecule has 3 aromatic carbocycles. The van der Waals surface area contributed by atoms with Crippen molar-refractivity contribution >= 4 is 34.7 Å². The summed E-state index contributed by atoms with van der Waals surface area (Å²) < 4.78 is 6.21.